The number of carboxylic acid groups (broad SMARTS) is 1. The third-order valence-corrected chi connectivity index (χ3v) is 3.54. The first-order valence-electron chi connectivity index (χ1n) is 5.80. The molecule has 5 nitrogen and oxygen atoms in total. The van der Waals surface area contributed by atoms with Crippen LogP contribution in [0.2, 0.25) is 0 Å². The Kier molecular flexibility index (Phi) is 2.84. The van der Waals surface area contributed by atoms with Gasteiger partial charge < -0.3 is 10.4 Å². The average molecular weight is 248 g/mol. The fourth-order valence-electron chi connectivity index (χ4n) is 2.43. The maximum atomic E-state index is 12.0. The van der Waals surface area contributed by atoms with Crippen LogP contribution in [0.25, 0.3) is 0 Å². The van der Waals surface area contributed by atoms with Crippen LogP contribution < -0.4 is 5.32 Å². The van der Waals surface area contributed by atoms with Crippen LogP contribution in [0.15, 0.2) is 18.3 Å². The zero-order valence-electron chi connectivity index (χ0n) is 10.6. The minimum absolute atomic E-state index is 0.238. The molecule has 1 fully saturated rings. The SMILES string of the molecule is Cc1cc(NC(=O)[C@H]2[C@@H](C(=O)O)C2(C)C)ccn1. The molecule has 2 N–H and O–H groups in total. The maximum absolute atomic E-state index is 12.0. The number of nitrogens with zero attached hydrogens (tertiary/aromatic N) is 1. The topological polar surface area (TPSA) is 79.3 Å². The highest BCUT2D eigenvalue weighted by atomic mass is 16.4. The molecular formula is C13H16N2O3. The maximum Gasteiger partial charge on any atom is 0.307 e. The summed E-state index contributed by atoms with van der Waals surface area (Å²) in [5.41, 5.74) is 0.981. The molecule has 0 aromatic carbocycles. The van der Waals surface area contributed by atoms with Crippen molar-refractivity contribution in [3.63, 3.8) is 0 Å². The number of hydrogen-bond acceptors (Lipinski definition) is 3. The average Bonchev–Trinajstić information content (AvgIpc) is 2.81. The Balaban J connectivity index is 2.08. The van der Waals surface area contributed by atoms with Gasteiger partial charge in [0, 0.05) is 17.6 Å². The van der Waals surface area contributed by atoms with Gasteiger partial charge in [-0.2, -0.15) is 0 Å². The van der Waals surface area contributed by atoms with E-state index in [0.29, 0.717) is 5.69 Å². The number of carbonyl (C=O) groups excluding carboxylic acids is 1. The summed E-state index contributed by atoms with van der Waals surface area (Å²) in [4.78, 5) is 27.1. The fourth-order valence-corrected chi connectivity index (χ4v) is 2.43. The van der Waals surface area contributed by atoms with Gasteiger partial charge in [0.1, 0.15) is 0 Å². The van der Waals surface area contributed by atoms with Gasteiger partial charge in [-0.1, -0.05) is 13.8 Å². The molecule has 1 saturated carbocycles. The first-order valence-corrected chi connectivity index (χ1v) is 5.80. The van der Waals surface area contributed by atoms with Crippen molar-refractivity contribution in [2.24, 2.45) is 17.3 Å². The monoisotopic (exact) mass is 248 g/mol. The minimum atomic E-state index is -0.911. The molecule has 1 aliphatic rings. The Bertz CT molecular complexity index is 511. The molecule has 2 atom stereocenters. The van der Waals surface area contributed by atoms with Gasteiger partial charge >= 0.3 is 5.97 Å². The van der Waals surface area contributed by atoms with Crippen molar-refractivity contribution in [3.05, 3.63) is 24.0 Å². The summed E-state index contributed by atoms with van der Waals surface area (Å²) in [6.45, 7) is 5.43. The quantitative estimate of drug-likeness (QED) is 0.853. The Labute approximate surface area is 105 Å². The summed E-state index contributed by atoms with van der Waals surface area (Å²) in [5.74, 6) is -2.21. The number of pyridine rings is 1. The van der Waals surface area contributed by atoms with Gasteiger partial charge in [-0.3, -0.25) is 14.6 Å². The highest BCUT2D eigenvalue weighted by molar-refractivity contribution is 5.99. The molecule has 1 aromatic heterocycles. The molecule has 1 amide bonds. The van der Waals surface area contributed by atoms with E-state index in [-0.39, 0.29) is 5.91 Å². The van der Waals surface area contributed by atoms with Gasteiger partial charge in [0.05, 0.1) is 11.8 Å². The molecule has 96 valence electrons. The van der Waals surface area contributed by atoms with E-state index in [1.165, 1.54) is 0 Å². The van der Waals surface area contributed by atoms with Crippen molar-refractivity contribution in [2.45, 2.75) is 20.8 Å². The van der Waals surface area contributed by atoms with Gasteiger partial charge in [-0.05, 0) is 24.5 Å². The second-order valence-electron chi connectivity index (χ2n) is 5.29. The zero-order chi connectivity index (χ0) is 13.5. The van der Waals surface area contributed by atoms with Crippen molar-refractivity contribution in [1.29, 1.82) is 0 Å². The van der Waals surface area contributed by atoms with E-state index in [4.69, 9.17) is 5.11 Å². The molecule has 1 aliphatic carbocycles. The van der Waals surface area contributed by atoms with E-state index in [9.17, 15) is 9.59 Å². The molecule has 0 bridgehead atoms. The van der Waals surface area contributed by atoms with Gasteiger partial charge in [-0.15, -0.1) is 0 Å². The number of hydrogen-bond donors (Lipinski definition) is 2. The van der Waals surface area contributed by atoms with E-state index in [0.717, 1.165) is 5.69 Å². The van der Waals surface area contributed by atoms with Crippen molar-refractivity contribution in [3.8, 4) is 0 Å². The van der Waals surface area contributed by atoms with Crippen molar-refractivity contribution in [1.82, 2.24) is 4.98 Å². The highest BCUT2D eigenvalue weighted by Gasteiger charge is 2.65. The van der Waals surface area contributed by atoms with Gasteiger partial charge in [0.15, 0.2) is 0 Å². The van der Waals surface area contributed by atoms with Crippen LogP contribution in [0.4, 0.5) is 5.69 Å². The number of carboxylic acids is 1. The molecule has 5 heteroatoms. The van der Waals surface area contributed by atoms with Gasteiger partial charge in [0.25, 0.3) is 0 Å². The number of amides is 1. The molecule has 18 heavy (non-hydrogen) atoms. The largest absolute Gasteiger partial charge is 0.481 e. The summed E-state index contributed by atoms with van der Waals surface area (Å²) in [6, 6.07) is 3.44. The number of aromatic nitrogens is 1. The molecule has 0 saturated heterocycles. The van der Waals surface area contributed by atoms with Crippen LogP contribution in [0.5, 0.6) is 0 Å². The Hall–Kier alpha value is -1.91. The molecule has 2 rings (SSSR count). The fraction of sp³-hybridized carbons (Fsp3) is 0.462. The lowest BCUT2D eigenvalue weighted by atomic mass is 10.1. The molecule has 1 aromatic rings. The van der Waals surface area contributed by atoms with E-state index >= 15 is 0 Å². The minimum Gasteiger partial charge on any atom is -0.481 e. The molecular weight excluding hydrogens is 232 g/mol. The van der Waals surface area contributed by atoms with E-state index in [2.05, 4.69) is 10.3 Å². The zero-order valence-corrected chi connectivity index (χ0v) is 10.6. The number of aryl methyl sites for hydroxylation is 1. The van der Waals surface area contributed by atoms with Crippen LogP contribution in [0.1, 0.15) is 19.5 Å². The van der Waals surface area contributed by atoms with E-state index in [1.807, 2.05) is 6.92 Å². The number of rotatable bonds is 3. The normalized spacial score (nSPS) is 24.4. The summed E-state index contributed by atoms with van der Waals surface area (Å²) in [6.07, 6.45) is 1.61. The molecule has 0 unspecified atom stereocenters. The Morgan fingerprint density at radius 2 is 2.06 bits per heavy atom. The smallest absolute Gasteiger partial charge is 0.307 e. The summed E-state index contributed by atoms with van der Waals surface area (Å²) in [7, 11) is 0. The molecule has 0 radical (unpaired) electrons. The van der Waals surface area contributed by atoms with Crippen LogP contribution in [0, 0.1) is 24.2 Å². The third kappa shape index (κ3) is 2.08. The number of carbonyl (C=O) groups is 2. The summed E-state index contributed by atoms with van der Waals surface area (Å²) in [5, 5.41) is 11.8. The van der Waals surface area contributed by atoms with Crippen LogP contribution >= 0.6 is 0 Å². The predicted molar refractivity (Wildman–Crippen MR) is 66.0 cm³/mol. The molecule has 0 aliphatic heterocycles. The lowest BCUT2D eigenvalue weighted by Gasteiger charge is -2.06. The lowest BCUT2D eigenvalue weighted by Crippen LogP contribution is -2.17. The van der Waals surface area contributed by atoms with Gasteiger partial charge in [-0.25, -0.2) is 0 Å². The second kappa shape index (κ2) is 4.08. The lowest BCUT2D eigenvalue weighted by molar-refractivity contribution is -0.140. The van der Waals surface area contributed by atoms with Crippen molar-refractivity contribution >= 4 is 17.6 Å². The number of aliphatic carboxylic acids is 1. The summed E-state index contributed by atoms with van der Waals surface area (Å²) < 4.78 is 0. The second-order valence-corrected chi connectivity index (χ2v) is 5.29. The molecule has 1 heterocycles. The van der Waals surface area contributed by atoms with Crippen LogP contribution in [-0.4, -0.2) is 22.0 Å². The standard InChI is InChI=1S/C13H16N2O3/c1-7-6-8(4-5-14-7)15-11(16)9-10(12(17)18)13(9,2)3/h4-6,9-10H,1-3H3,(H,17,18)(H,14,15,16)/t9-,10+/m1/s1. The number of nitrogens with one attached hydrogen (secondary N) is 1. The van der Waals surface area contributed by atoms with Gasteiger partial charge in [0.2, 0.25) is 5.91 Å². The molecule has 0 spiro atoms. The first kappa shape index (κ1) is 12.5. The van der Waals surface area contributed by atoms with E-state index in [1.54, 1.807) is 32.2 Å². The van der Waals surface area contributed by atoms with E-state index < -0.39 is 23.2 Å². The summed E-state index contributed by atoms with van der Waals surface area (Å²) >= 11 is 0. The Morgan fingerprint density at radius 1 is 1.39 bits per heavy atom. The van der Waals surface area contributed by atoms with Crippen LogP contribution in [0.3, 0.4) is 0 Å². The van der Waals surface area contributed by atoms with Crippen molar-refractivity contribution < 1.29 is 14.7 Å². The predicted octanol–water partition coefficient (Wildman–Crippen LogP) is 1.69. The van der Waals surface area contributed by atoms with Crippen molar-refractivity contribution in [2.75, 3.05) is 5.32 Å². The number of anilines is 1. The first-order chi connectivity index (χ1) is 8.34. The highest BCUT2D eigenvalue weighted by Crippen LogP contribution is 2.58. The van der Waals surface area contributed by atoms with Crippen LogP contribution in [-0.2, 0) is 9.59 Å². The third-order valence-electron chi connectivity index (χ3n) is 3.54. The Morgan fingerprint density at radius 3 is 2.56 bits per heavy atom.